The maximum atomic E-state index is 10.3. The third kappa shape index (κ3) is 3.56. The molecule has 80 valence electrons. The highest BCUT2D eigenvalue weighted by Gasteiger charge is 2.10. The molecular weight excluding hydrogens is 190 g/mol. The van der Waals surface area contributed by atoms with E-state index in [0.29, 0.717) is 0 Å². The van der Waals surface area contributed by atoms with E-state index in [4.69, 9.17) is 5.11 Å². The van der Waals surface area contributed by atoms with Gasteiger partial charge in [-0.15, -0.1) is 0 Å². The van der Waals surface area contributed by atoms with Crippen LogP contribution in [0.5, 0.6) is 0 Å². The van der Waals surface area contributed by atoms with Gasteiger partial charge in [-0.2, -0.15) is 0 Å². The maximum absolute atomic E-state index is 10.3. The first-order valence-corrected chi connectivity index (χ1v) is 4.73. The predicted molar refractivity (Wildman–Crippen MR) is 62.7 cm³/mol. The summed E-state index contributed by atoms with van der Waals surface area (Å²) in [7, 11) is 6.26. The molecule has 0 unspecified atom stereocenters. The van der Waals surface area contributed by atoms with E-state index in [1.165, 1.54) is 5.69 Å². The summed E-state index contributed by atoms with van der Waals surface area (Å²) in [4.78, 5) is 10.3. The van der Waals surface area contributed by atoms with Crippen LogP contribution < -0.4 is 4.48 Å². The molecule has 0 heterocycles. The van der Waals surface area contributed by atoms with Gasteiger partial charge in [0, 0.05) is 6.08 Å². The van der Waals surface area contributed by atoms with Crippen LogP contribution in [0.25, 0.3) is 6.08 Å². The lowest BCUT2D eigenvalue weighted by molar-refractivity contribution is -0.131. The molecule has 15 heavy (non-hydrogen) atoms. The number of carboxylic acid groups (broad SMARTS) is 1. The van der Waals surface area contributed by atoms with Gasteiger partial charge in [0.25, 0.3) is 0 Å². The summed E-state index contributed by atoms with van der Waals surface area (Å²) in [5.41, 5.74) is 2.08. The number of carbonyl (C=O) groups is 1. The molecule has 0 bridgehead atoms. The first kappa shape index (κ1) is 11.5. The molecule has 0 aromatic heterocycles. The third-order valence-electron chi connectivity index (χ3n) is 2.09. The van der Waals surface area contributed by atoms with Crippen molar-refractivity contribution in [2.45, 2.75) is 0 Å². The van der Waals surface area contributed by atoms with E-state index in [1.807, 2.05) is 24.3 Å². The second kappa shape index (κ2) is 4.28. The lowest BCUT2D eigenvalue weighted by atomic mass is 10.2. The van der Waals surface area contributed by atoms with Gasteiger partial charge in [0.15, 0.2) is 0 Å². The maximum Gasteiger partial charge on any atom is 0.328 e. The second-order valence-corrected chi connectivity index (χ2v) is 4.28. The summed E-state index contributed by atoms with van der Waals surface area (Å²) in [5.74, 6) is -0.925. The number of quaternary nitrogens is 1. The van der Waals surface area contributed by atoms with Crippen LogP contribution in [0.3, 0.4) is 0 Å². The molecule has 0 aliphatic carbocycles. The lowest BCUT2D eigenvalue weighted by Gasteiger charge is -2.23. The molecule has 0 radical (unpaired) electrons. The zero-order valence-corrected chi connectivity index (χ0v) is 9.27. The van der Waals surface area contributed by atoms with Gasteiger partial charge in [0.05, 0.1) is 21.1 Å². The molecule has 3 heteroatoms. The summed E-state index contributed by atoms with van der Waals surface area (Å²) < 4.78 is 0.753. The van der Waals surface area contributed by atoms with Gasteiger partial charge in [0.2, 0.25) is 0 Å². The van der Waals surface area contributed by atoms with Crippen molar-refractivity contribution in [2.24, 2.45) is 0 Å². The van der Waals surface area contributed by atoms with E-state index in [1.54, 1.807) is 6.08 Å². The van der Waals surface area contributed by atoms with Crippen LogP contribution in [0.4, 0.5) is 5.69 Å². The van der Waals surface area contributed by atoms with Gasteiger partial charge < -0.3 is 5.11 Å². The highest BCUT2D eigenvalue weighted by Crippen LogP contribution is 2.17. The van der Waals surface area contributed by atoms with Crippen molar-refractivity contribution in [3.8, 4) is 0 Å². The second-order valence-electron chi connectivity index (χ2n) is 4.28. The van der Waals surface area contributed by atoms with Crippen LogP contribution in [0.15, 0.2) is 30.3 Å². The third-order valence-corrected chi connectivity index (χ3v) is 2.09. The van der Waals surface area contributed by atoms with Gasteiger partial charge in [-0.25, -0.2) is 4.79 Å². The Hall–Kier alpha value is -1.61. The zero-order chi connectivity index (χ0) is 11.5. The minimum Gasteiger partial charge on any atom is -0.478 e. The lowest BCUT2D eigenvalue weighted by Crippen LogP contribution is -2.34. The van der Waals surface area contributed by atoms with Crippen LogP contribution in [-0.4, -0.2) is 32.2 Å². The van der Waals surface area contributed by atoms with Crippen LogP contribution in [0.2, 0.25) is 0 Å². The normalized spacial score (nSPS) is 11.9. The Morgan fingerprint density at radius 1 is 1.20 bits per heavy atom. The van der Waals surface area contributed by atoms with E-state index < -0.39 is 5.97 Å². The first-order valence-electron chi connectivity index (χ1n) is 4.73. The summed E-state index contributed by atoms with van der Waals surface area (Å²) in [6.07, 6.45) is 2.72. The number of hydrogen-bond acceptors (Lipinski definition) is 1. The molecule has 0 spiro atoms. The van der Waals surface area contributed by atoms with Crippen LogP contribution in [-0.2, 0) is 4.79 Å². The van der Waals surface area contributed by atoms with Gasteiger partial charge in [-0.1, -0.05) is 0 Å². The predicted octanol–water partition coefficient (Wildman–Crippen LogP) is 1.98. The Morgan fingerprint density at radius 3 is 2.13 bits per heavy atom. The van der Waals surface area contributed by atoms with Gasteiger partial charge in [-0.05, 0) is 35.9 Å². The van der Waals surface area contributed by atoms with Crippen molar-refractivity contribution in [3.05, 3.63) is 35.9 Å². The Labute approximate surface area is 89.9 Å². The molecule has 0 saturated carbocycles. The fourth-order valence-corrected chi connectivity index (χ4v) is 1.20. The fraction of sp³-hybridized carbons (Fsp3) is 0.250. The molecule has 0 amide bonds. The highest BCUT2D eigenvalue weighted by molar-refractivity contribution is 5.85. The minimum atomic E-state index is -0.925. The van der Waals surface area contributed by atoms with Crippen molar-refractivity contribution in [1.82, 2.24) is 4.48 Å². The minimum absolute atomic E-state index is 0.753. The molecule has 0 fully saturated rings. The molecule has 1 rings (SSSR count). The molecule has 0 aliphatic heterocycles. The molecule has 0 aliphatic rings. The van der Waals surface area contributed by atoms with Crippen LogP contribution in [0, 0.1) is 0 Å². The summed E-state index contributed by atoms with van der Waals surface area (Å²) in [6, 6.07) is 7.83. The van der Waals surface area contributed by atoms with E-state index >= 15 is 0 Å². The van der Waals surface area contributed by atoms with Crippen LogP contribution in [0.1, 0.15) is 5.56 Å². The average molecular weight is 206 g/mol. The Morgan fingerprint density at radius 2 is 1.73 bits per heavy atom. The number of rotatable bonds is 3. The molecule has 0 atom stereocenters. The van der Waals surface area contributed by atoms with E-state index in [9.17, 15) is 4.79 Å². The van der Waals surface area contributed by atoms with E-state index in [2.05, 4.69) is 21.1 Å². The number of aliphatic carboxylic acids is 1. The molecule has 0 saturated heterocycles. The Bertz CT molecular complexity index is 372. The van der Waals surface area contributed by atoms with Crippen LogP contribution >= 0.6 is 0 Å². The Kier molecular flexibility index (Phi) is 3.27. The largest absolute Gasteiger partial charge is 0.478 e. The van der Waals surface area contributed by atoms with Crippen molar-refractivity contribution >= 4 is 17.7 Å². The number of hydrogen-bond donors (Lipinski definition) is 1. The SMILES string of the molecule is C[N+](C)(C)c1ccc(/C=C/C(=O)O)cc1. The van der Waals surface area contributed by atoms with Gasteiger partial charge >= 0.3 is 5.97 Å². The molecule has 1 N–H and O–H groups in total. The molecule has 1 aromatic carbocycles. The number of benzene rings is 1. The summed E-state index contributed by atoms with van der Waals surface area (Å²) in [5, 5.41) is 8.47. The zero-order valence-electron chi connectivity index (χ0n) is 9.27. The highest BCUT2D eigenvalue weighted by atomic mass is 16.4. The smallest absolute Gasteiger partial charge is 0.328 e. The van der Waals surface area contributed by atoms with Gasteiger partial charge in [-0.3, -0.25) is 4.48 Å². The quantitative estimate of drug-likeness (QED) is 0.606. The van der Waals surface area contributed by atoms with Gasteiger partial charge in [0.1, 0.15) is 5.69 Å². The van der Waals surface area contributed by atoms with Crippen molar-refractivity contribution in [3.63, 3.8) is 0 Å². The van der Waals surface area contributed by atoms with Crippen molar-refractivity contribution in [1.29, 1.82) is 0 Å². The number of nitrogens with zero attached hydrogens (tertiary/aromatic N) is 1. The van der Waals surface area contributed by atoms with E-state index in [0.717, 1.165) is 16.1 Å². The van der Waals surface area contributed by atoms with E-state index in [-0.39, 0.29) is 0 Å². The first-order chi connectivity index (χ1) is 6.89. The molecule has 3 nitrogen and oxygen atoms in total. The monoisotopic (exact) mass is 206 g/mol. The molecular formula is C12H16NO2+. The van der Waals surface area contributed by atoms with Crippen molar-refractivity contribution in [2.75, 3.05) is 21.1 Å². The Balaban J connectivity index is 2.86. The summed E-state index contributed by atoms with van der Waals surface area (Å²) in [6.45, 7) is 0. The number of carboxylic acids is 1. The topological polar surface area (TPSA) is 37.3 Å². The fourth-order valence-electron chi connectivity index (χ4n) is 1.20. The average Bonchev–Trinajstić information content (AvgIpc) is 2.14. The van der Waals surface area contributed by atoms with Crippen molar-refractivity contribution < 1.29 is 9.90 Å². The molecule has 1 aromatic rings. The standard InChI is InChI=1S/C12H15NO2/c1-13(2,3)11-7-4-10(5-8-11)6-9-12(14)15/h4-9H,1-3H3/p+1/b9-6+. The summed E-state index contributed by atoms with van der Waals surface area (Å²) >= 11 is 0.